The number of aromatic nitrogens is 1. The van der Waals surface area contributed by atoms with Crippen LogP contribution in [0.5, 0.6) is 5.75 Å². The molecule has 1 fully saturated rings. The van der Waals surface area contributed by atoms with Crippen LogP contribution in [0.4, 0.5) is 0 Å². The normalized spacial score (nSPS) is 18.5. The fourth-order valence-electron chi connectivity index (χ4n) is 6.93. The molecule has 2 aromatic rings. The number of aryl methyl sites for hydroxylation is 2. The molecule has 0 unspecified atom stereocenters. The lowest BCUT2D eigenvalue weighted by Gasteiger charge is -2.24. The van der Waals surface area contributed by atoms with E-state index in [0.717, 1.165) is 6.42 Å². The summed E-state index contributed by atoms with van der Waals surface area (Å²) in [6.07, 6.45) is 18.8. The van der Waals surface area contributed by atoms with Crippen molar-refractivity contribution in [1.82, 2.24) is 4.98 Å². The van der Waals surface area contributed by atoms with E-state index in [4.69, 9.17) is 36.5 Å². The molecule has 0 spiro atoms. The summed E-state index contributed by atoms with van der Waals surface area (Å²) in [7, 11) is 0. The van der Waals surface area contributed by atoms with E-state index in [2.05, 4.69) is 16.8 Å². The van der Waals surface area contributed by atoms with Gasteiger partial charge in [-0.25, -0.2) is 0 Å². The molecule has 1 aliphatic carbocycles. The van der Waals surface area contributed by atoms with E-state index >= 15 is 0 Å². The van der Waals surface area contributed by atoms with Crippen molar-refractivity contribution in [2.75, 3.05) is 26.4 Å². The molecule has 12 nitrogen and oxygen atoms in total. The van der Waals surface area contributed by atoms with Gasteiger partial charge in [-0.15, -0.1) is 12.8 Å². The first kappa shape index (κ1) is 48.8. The molecule has 0 saturated heterocycles. The van der Waals surface area contributed by atoms with E-state index in [1.165, 1.54) is 11.8 Å². The van der Waals surface area contributed by atoms with E-state index in [-0.39, 0.29) is 63.6 Å². The first-order chi connectivity index (χ1) is 28.1. The van der Waals surface area contributed by atoms with Crippen molar-refractivity contribution in [2.24, 2.45) is 22.7 Å². The highest BCUT2D eigenvalue weighted by atomic mass is 16.6. The summed E-state index contributed by atoms with van der Waals surface area (Å²) in [5.41, 5.74) is 0.189. The largest absolute Gasteiger partial charge is 0.460 e. The first-order valence-electron chi connectivity index (χ1n) is 20.4. The highest BCUT2D eigenvalue weighted by Gasteiger charge is 2.40. The predicted octanol–water partition coefficient (Wildman–Crippen LogP) is 5.98. The second kappa shape index (κ2) is 24.5. The van der Waals surface area contributed by atoms with Gasteiger partial charge in [0, 0.05) is 23.7 Å². The van der Waals surface area contributed by atoms with Gasteiger partial charge in [-0.1, -0.05) is 54.3 Å². The third-order valence-corrected chi connectivity index (χ3v) is 10.5. The molecule has 1 aliphatic rings. The van der Waals surface area contributed by atoms with Crippen LogP contribution in [0.3, 0.4) is 0 Å². The van der Waals surface area contributed by atoms with Crippen LogP contribution in [-0.4, -0.2) is 83.0 Å². The van der Waals surface area contributed by atoms with Crippen molar-refractivity contribution in [3.05, 3.63) is 71.1 Å². The lowest BCUT2D eigenvalue weighted by Crippen LogP contribution is -2.32. The minimum absolute atomic E-state index is 0.0203. The maximum Gasteiger partial charge on any atom is 0.314 e. The number of ether oxygens (including phenoxy) is 5. The van der Waals surface area contributed by atoms with Crippen molar-refractivity contribution in [3.63, 3.8) is 0 Å². The Morgan fingerprint density at radius 3 is 2.14 bits per heavy atom. The molecule has 0 aliphatic heterocycles. The second-order valence-corrected chi connectivity index (χ2v) is 16.5. The predicted molar refractivity (Wildman–Crippen MR) is 222 cm³/mol. The Morgan fingerprint density at radius 2 is 1.51 bits per heavy atom. The SMILES string of the molecule is C#CCOCC(C)(C)C(=O)OCc1cnc(C)c(OC(=O)CCC/C=C\C[C@@H]2[C@@H](CC[C@@H](O)CCc3ccccc3)[C@H](O)C[C@@H]2O)c1COC(=O)C(C)(C)COCC#C. The molecule has 59 heavy (non-hydrogen) atoms. The third kappa shape index (κ3) is 16.2. The minimum atomic E-state index is -1.04. The average molecular weight is 818 g/mol. The molecule has 1 saturated carbocycles. The van der Waals surface area contributed by atoms with Crippen LogP contribution in [0.15, 0.2) is 48.7 Å². The van der Waals surface area contributed by atoms with Gasteiger partial charge >= 0.3 is 17.9 Å². The van der Waals surface area contributed by atoms with E-state index in [1.807, 2.05) is 42.5 Å². The molecule has 1 aromatic carbocycles. The number of nitrogens with zero attached hydrogens (tertiary/aromatic N) is 1. The summed E-state index contributed by atoms with van der Waals surface area (Å²) in [6, 6.07) is 10.0. The fraction of sp³-hybridized carbons (Fsp3) is 0.574. The van der Waals surface area contributed by atoms with Gasteiger partial charge in [0.1, 0.15) is 26.4 Å². The molecule has 3 N–H and O–H groups in total. The molecule has 3 rings (SSSR count). The molecule has 12 heteroatoms. The number of carbonyl (C=O) groups excluding carboxylic acids is 3. The summed E-state index contributed by atoms with van der Waals surface area (Å²) >= 11 is 0. The van der Waals surface area contributed by atoms with Crippen LogP contribution in [0, 0.1) is 54.3 Å². The Hall–Kier alpha value is -4.56. The maximum absolute atomic E-state index is 13.2. The number of allylic oxidation sites excluding steroid dienone is 2. The molecule has 1 heterocycles. The minimum Gasteiger partial charge on any atom is -0.460 e. The highest BCUT2D eigenvalue weighted by Crippen LogP contribution is 2.39. The van der Waals surface area contributed by atoms with Crippen molar-refractivity contribution in [3.8, 4) is 30.4 Å². The van der Waals surface area contributed by atoms with Gasteiger partial charge in [-0.05, 0) is 103 Å². The summed E-state index contributed by atoms with van der Waals surface area (Å²) in [5.74, 6) is 2.92. The molecular formula is C47H63NO11. The smallest absolute Gasteiger partial charge is 0.314 e. The van der Waals surface area contributed by atoms with Crippen molar-refractivity contribution >= 4 is 17.9 Å². The van der Waals surface area contributed by atoms with Gasteiger partial charge in [0.2, 0.25) is 0 Å². The molecular weight excluding hydrogens is 755 g/mol. The molecule has 322 valence electrons. The number of esters is 3. The Balaban J connectivity index is 1.60. The number of pyridine rings is 1. The lowest BCUT2D eigenvalue weighted by molar-refractivity contribution is -0.160. The standard InChI is InChI=1S/C47H63NO11/c1-8-25-55-31-46(4,5)44(53)57-29-35-28-48-33(3)43(39(35)30-58-45(54)47(6,7)32-56-26-9-2)59-42(52)20-16-11-10-15-19-37-38(41(51)27-40(37)50)24-23-36(49)22-21-34-17-13-12-14-18-34/h1-2,10,12-15,17-18,28,36-38,40-41,49-51H,11,16,19-27,29-32H2,3-7H3/b15-10-/t36-,37+,38+,40-,41+/m0/s1. The number of hydrogen-bond donors (Lipinski definition) is 3. The summed E-state index contributed by atoms with van der Waals surface area (Å²) < 4.78 is 27.9. The first-order valence-corrected chi connectivity index (χ1v) is 20.4. The Labute approximate surface area is 350 Å². The van der Waals surface area contributed by atoms with Gasteiger partial charge in [-0.2, -0.15) is 0 Å². The van der Waals surface area contributed by atoms with Crippen molar-refractivity contribution in [1.29, 1.82) is 0 Å². The van der Waals surface area contributed by atoms with Crippen LogP contribution in [0.25, 0.3) is 0 Å². The second-order valence-electron chi connectivity index (χ2n) is 16.5. The van der Waals surface area contributed by atoms with E-state index < -0.39 is 47.0 Å². The number of carbonyl (C=O) groups is 3. The van der Waals surface area contributed by atoms with Crippen LogP contribution in [-0.2, 0) is 53.0 Å². The van der Waals surface area contributed by atoms with Crippen molar-refractivity contribution in [2.45, 2.75) is 124 Å². The zero-order chi connectivity index (χ0) is 43.4. The quantitative estimate of drug-likeness (QED) is 0.0464. The average Bonchev–Trinajstić information content (AvgIpc) is 3.47. The summed E-state index contributed by atoms with van der Waals surface area (Å²) in [6.45, 7) is 7.88. The number of rotatable bonds is 25. The Bertz CT molecular complexity index is 1760. The van der Waals surface area contributed by atoms with Crippen LogP contribution < -0.4 is 4.74 Å². The van der Waals surface area contributed by atoms with E-state index in [9.17, 15) is 29.7 Å². The zero-order valence-corrected chi connectivity index (χ0v) is 35.3. The number of hydrogen-bond acceptors (Lipinski definition) is 12. The molecule has 5 atom stereocenters. The van der Waals surface area contributed by atoms with Crippen LogP contribution in [0.2, 0.25) is 0 Å². The number of aliphatic hydroxyl groups excluding tert-OH is 3. The van der Waals surface area contributed by atoms with E-state index in [0.29, 0.717) is 61.8 Å². The van der Waals surface area contributed by atoms with Crippen LogP contribution >= 0.6 is 0 Å². The zero-order valence-electron chi connectivity index (χ0n) is 35.3. The van der Waals surface area contributed by atoms with Crippen molar-refractivity contribution < 1.29 is 53.4 Å². The number of unbranched alkanes of at least 4 members (excludes halogenated alkanes) is 1. The van der Waals surface area contributed by atoms with Gasteiger partial charge < -0.3 is 39.0 Å². The number of aliphatic hydroxyl groups is 3. The van der Waals surface area contributed by atoms with Gasteiger partial charge in [0.05, 0.1) is 48.0 Å². The lowest BCUT2D eigenvalue weighted by atomic mass is 9.85. The Morgan fingerprint density at radius 1 is 0.898 bits per heavy atom. The summed E-state index contributed by atoms with van der Waals surface area (Å²) in [4.78, 5) is 43.7. The monoisotopic (exact) mass is 817 g/mol. The topological polar surface area (TPSA) is 171 Å². The molecule has 0 bridgehead atoms. The summed E-state index contributed by atoms with van der Waals surface area (Å²) in [5, 5.41) is 32.0. The fourth-order valence-corrected chi connectivity index (χ4v) is 6.93. The molecule has 1 aromatic heterocycles. The van der Waals surface area contributed by atoms with Gasteiger partial charge in [0.15, 0.2) is 5.75 Å². The Kier molecular flexibility index (Phi) is 20.3. The maximum atomic E-state index is 13.2. The molecule has 0 amide bonds. The molecule has 0 radical (unpaired) electrons. The van der Waals surface area contributed by atoms with Gasteiger partial charge in [0.25, 0.3) is 0 Å². The van der Waals surface area contributed by atoms with E-state index in [1.54, 1.807) is 34.6 Å². The van der Waals surface area contributed by atoms with Crippen LogP contribution in [0.1, 0.15) is 101 Å². The van der Waals surface area contributed by atoms with Gasteiger partial charge in [-0.3, -0.25) is 19.4 Å². The third-order valence-electron chi connectivity index (χ3n) is 10.5. The highest BCUT2D eigenvalue weighted by molar-refractivity contribution is 5.77. The number of benzene rings is 1. The number of terminal acetylenes is 2.